The van der Waals surface area contributed by atoms with E-state index in [1.54, 1.807) is 12.1 Å². The minimum absolute atomic E-state index is 0. The summed E-state index contributed by atoms with van der Waals surface area (Å²) >= 11 is 2.66. The van der Waals surface area contributed by atoms with Crippen LogP contribution in [0.5, 0.6) is 0 Å². The first-order chi connectivity index (χ1) is 15.0. The Kier molecular flexibility index (Phi) is 11.3. The van der Waals surface area contributed by atoms with Gasteiger partial charge in [0.15, 0.2) is 11.6 Å². The first-order valence-corrected chi connectivity index (χ1v) is 11.1. The van der Waals surface area contributed by atoms with Crippen molar-refractivity contribution in [3.63, 3.8) is 0 Å². The van der Waals surface area contributed by atoms with Crippen LogP contribution in [0.2, 0.25) is 0 Å². The second-order valence-electron chi connectivity index (χ2n) is 7.45. The molecule has 0 unspecified atom stereocenters. The molecule has 168 valence electrons. The van der Waals surface area contributed by atoms with Gasteiger partial charge in [-0.3, -0.25) is 9.59 Å². The molecule has 34 heavy (non-hydrogen) atoms. The van der Waals surface area contributed by atoms with Gasteiger partial charge in [-0.2, -0.15) is 0 Å². The second kappa shape index (κ2) is 12.5. The van der Waals surface area contributed by atoms with Crippen molar-refractivity contribution < 1.29 is 78.9 Å². The van der Waals surface area contributed by atoms with Crippen LogP contribution in [-0.4, -0.2) is 31.9 Å². The standard InChI is InChI=1S/2C10H10N2O3S.2Na/c2*1-4(2)6-3-5-8(13)11-7(10(14)15)12-9(5)16-6;;/h2*3-4H,1-2H3,(H,14,15)(H,11,12,13);;/q;;2*+1/p-2. The van der Waals surface area contributed by atoms with Crippen LogP contribution in [-0.2, 0) is 0 Å². The minimum Gasteiger partial charge on any atom is -0.542 e. The second-order valence-corrected chi connectivity index (χ2v) is 9.57. The Morgan fingerprint density at radius 1 is 0.765 bits per heavy atom. The quantitative estimate of drug-likeness (QED) is 0.252. The van der Waals surface area contributed by atoms with Gasteiger partial charge in [0.1, 0.15) is 21.6 Å². The average Bonchev–Trinajstić information content (AvgIpc) is 3.33. The summed E-state index contributed by atoms with van der Waals surface area (Å²) in [6, 6.07) is 3.49. The van der Waals surface area contributed by atoms with Crippen molar-refractivity contribution >= 4 is 55.0 Å². The van der Waals surface area contributed by atoms with Crippen molar-refractivity contribution in [3.05, 3.63) is 54.2 Å². The molecule has 10 nitrogen and oxygen atoms in total. The van der Waals surface area contributed by atoms with Crippen LogP contribution in [0.4, 0.5) is 0 Å². The number of aromatic carboxylic acids is 2. The summed E-state index contributed by atoms with van der Waals surface area (Å²) in [4.78, 5) is 59.2. The minimum atomic E-state index is -1.47. The summed E-state index contributed by atoms with van der Waals surface area (Å²) in [5, 5.41) is 22.1. The average molecular weight is 521 g/mol. The van der Waals surface area contributed by atoms with E-state index < -0.39 is 34.7 Å². The van der Waals surface area contributed by atoms with Crippen molar-refractivity contribution in [1.29, 1.82) is 0 Å². The number of thiophene rings is 2. The molecule has 0 saturated heterocycles. The van der Waals surface area contributed by atoms with Gasteiger partial charge >= 0.3 is 59.1 Å². The molecule has 0 atom stereocenters. The molecule has 0 aliphatic carbocycles. The number of carbonyl (C=O) groups is 2. The van der Waals surface area contributed by atoms with Crippen molar-refractivity contribution in [2.45, 2.75) is 39.5 Å². The number of rotatable bonds is 4. The molecular weight excluding hydrogens is 502 g/mol. The van der Waals surface area contributed by atoms with E-state index in [4.69, 9.17) is 0 Å². The Morgan fingerprint density at radius 2 is 1.09 bits per heavy atom. The van der Waals surface area contributed by atoms with Crippen LogP contribution in [0.25, 0.3) is 20.4 Å². The third-order valence-corrected chi connectivity index (χ3v) is 7.03. The van der Waals surface area contributed by atoms with Crippen molar-refractivity contribution in [3.8, 4) is 0 Å². The van der Waals surface area contributed by atoms with E-state index >= 15 is 0 Å². The molecule has 0 spiro atoms. The summed E-state index contributed by atoms with van der Waals surface area (Å²) in [5.41, 5.74) is -0.875. The van der Waals surface area contributed by atoms with Crippen molar-refractivity contribution in [2.24, 2.45) is 0 Å². The molecular formula is C20H18N4Na2O6S2. The smallest absolute Gasteiger partial charge is 0.542 e. The third kappa shape index (κ3) is 6.85. The van der Waals surface area contributed by atoms with Crippen LogP contribution in [0, 0.1) is 0 Å². The topological polar surface area (TPSA) is 172 Å². The van der Waals surface area contributed by atoms with Gasteiger partial charge in [-0.1, -0.05) is 27.7 Å². The molecule has 2 N–H and O–H groups in total. The van der Waals surface area contributed by atoms with Crippen molar-refractivity contribution in [2.75, 3.05) is 0 Å². The normalized spacial score (nSPS) is 10.5. The maximum Gasteiger partial charge on any atom is 1.00 e. The number of hydrogen-bond donors (Lipinski definition) is 2. The number of aromatic nitrogens is 4. The Hall–Kier alpha value is -1.38. The van der Waals surface area contributed by atoms with Gasteiger partial charge in [0, 0.05) is 9.75 Å². The molecule has 14 heteroatoms. The van der Waals surface area contributed by atoms with E-state index in [9.17, 15) is 29.4 Å². The zero-order chi connectivity index (χ0) is 23.7. The molecule has 4 heterocycles. The summed E-state index contributed by atoms with van der Waals surface area (Å²) in [5.74, 6) is -3.23. The monoisotopic (exact) mass is 520 g/mol. The Labute approximate surface area is 245 Å². The van der Waals surface area contributed by atoms with Crippen LogP contribution in [0.3, 0.4) is 0 Å². The Bertz CT molecular complexity index is 1350. The van der Waals surface area contributed by atoms with Gasteiger partial charge in [0.2, 0.25) is 0 Å². The molecule has 0 amide bonds. The van der Waals surface area contributed by atoms with Gasteiger partial charge in [0.05, 0.1) is 10.8 Å². The molecule has 4 rings (SSSR count). The summed E-state index contributed by atoms with van der Waals surface area (Å²) < 4.78 is 0. The number of hydrogen-bond acceptors (Lipinski definition) is 10. The van der Waals surface area contributed by atoms with Crippen LogP contribution < -0.4 is 80.4 Å². The number of H-pyrrole nitrogens is 2. The zero-order valence-electron chi connectivity index (χ0n) is 19.5. The summed E-state index contributed by atoms with van der Waals surface area (Å²) in [6.07, 6.45) is 0. The van der Waals surface area contributed by atoms with E-state index in [0.29, 0.717) is 20.4 Å². The molecule has 4 aromatic heterocycles. The number of fused-ring (bicyclic) bond motifs is 2. The van der Waals surface area contributed by atoms with E-state index in [1.165, 1.54) is 22.7 Å². The molecule has 0 radical (unpaired) electrons. The molecule has 0 aromatic carbocycles. The maximum absolute atomic E-state index is 11.6. The first-order valence-electron chi connectivity index (χ1n) is 9.48. The predicted octanol–water partition coefficient (Wildman–Crippen LogP) is -5.05. The molecule has 0 aliphatic heterocycles. The Balaban J connectivity index is 0.000000321. The fourth-order valence-electron chi connectivity index (χ4n) is 2.66. The van der Waals surface area contributed by atoms with Gasteiger partial charge < -0.3 is 29.8 Å². The van der Waals surface area contributed by atoms with Crippen LogP contribution >= 0.6 is 22.7 Å². The fourth-order valence-corrected chi connectivity index (χ4v) is 4.73. The van der Waals surface area contributed by atoms with E-state index in [-0.39, 0.29) is 71.0 Å². The fraction of sp³-hybridized carbons (Fsp3) is 0.300. The Morgan fingerprint density at radius 3 is 1.35 bits per heavy atom. The predicted molar refractivity (Wildman–Crippen MR) is 117 cm³/mol. The van der Waals surface area contributed by atoms with Gasteiger partial charge in [-0.15, -0.1) is 22.7 Å². The van der Waals surface area contributed by atoms with Crippen LogP contribution in [0.1, 0.15) is 70.5 Å². The van der Waals surface area contributed by atoms with Gasteiger partial charge in [-0.05, 0) is 24.0 Å². The number of nitrogens with zero attached hydrogens (tertiary/aromatic N) is 2. The molecule has 0 bridgehead atoms. The molecule has 0 saturated carbocycles. The first kappa shape index (κ1) is 30.7. The van der Waals surface area contributed by atoms with Gasteiger partial charge in [0.25, 0.3) is 11.1 Å². The summed E-state index contributed by atoms with van der Waals surface area (Å²) in [6.45, 7) is 7.99. The van der Waals surface area contributed by atoms with E-state index in [2.05, 4.69) is 19.9 Å². The maximum atomic E-state index is 11.6. The molecule has 0 aliphatic rings. The number of nitrogens with one attached hydrogen (secondary N) is 2. The largest absolute Gasteiger partial charge is 1.00 e. The zero-order valence-corrected chi connectivity index (χ0v) is 25.1. The van der Waals surface area contributed by atoms with E-state index in [1.807, 2.05) is 27.7 Å². The van der Waals surface area contributed by atoms with Crippen molar-refractivity contribution in [1.82, 2.24) is 19.9 Å². The number of aromatic amines is 2. The SMILES string of the molecule is CC(C)c1cc2c(=O)[nH]c(C(=O)[O-])nc2s1.CC(C)c1cc2c(=O)[nH]c(C(=O)[O-])nc2s1.[Na+].[Na+]. The molecule has 4 aromatic rings. The van der Waals surface area contributed by atoms with E-state index in [0.717, 1.165) is 9.75 Å². The number of carbonyl (C=O) groups excluding carboxylic acids is 2. The number of carboxylic acid groups (broad SMARTS) is 2. The summed E-state index contributed by atoms with van der Waals surface area (Å²) in [7, 11) is 0. The van der Waals surface area contributed by atoms with Crippen LogP contribution in [0.15, 0.2) is 21.7 Å². The molecule has 0 fully saturated rings. The number of carboxylic acids is 2. The third-order valence-electron chi connectivity index (χ3n) is 4.37. The van der Waals surface area contributed by atoms with Gasteiger partial charge in [-0.25, -0.2) is 9.97 Å².